The van der Waals surface area contributed by atoms with E-state index in [1.54, 1.807) is 0 Å². The molecule has 1 saturated heterocycles. The predicted octanol–water partition coefficient (Wildman–Crippen LogP) is 4.41. The first-order chi connectivity index (χ1) is 13.2. The second-order valence-corrected chi connectivity index (χ2v) is 8.80. The van der Waals surface area contributed by atoms with Crippen LogP contribution in [0.5, 0.6) is 0 Å². The van der Waals surface area contributed by atoms with Gasteiger partial charge in [0.1, 0.15) is 0 Å². The van der Waals surface area contributed by atoms with Gasteiger partial charge in [-0.1, -0.05) is 39.5 Å². The van der Waals surface area contributed by atoms with Gasteiger partial charge >= 0.3 is 0 Å². The fourth-order valence-electron chi connectivity index (χ4n) is 4.26. The number of hydrogen-bond donors (Lipinski definition) is 2. The lowest BCUT2D eigenvalue weighted by Crippen LogP contribution is -2.49. The number of nitrogens with zero attached hydrogens (tertiary/aromatic N) is 2. The zero-order chi connectivity index (χ0) is 19.3. The number of aliphatic imine (C=N–C) groups is 1. The number of ether oxygens (including phenoxy) is 1. The number of piperidine rings is 1. The molecule has 1 heterocycles. The first-order valence-corrected chi connectivity index (χ1v) is 11.5. The minimum atomic E-state index is 0. The highest BCUT2D eigenvalue weighted by molar-refractivity contribution is 14.0. The average molecular weight is 509 g/mol. The Morgan fingerprint density at radius 2 is 1.71 bits per heavy atom. The van der Waals surface area contributed by atoms with E-state index in [-0.39, 0.29) is 24.0 Å². The van der Waals surface area contributed by atoms with Gasteiger partial charge in [0.25, 0.3) is 0 Å². The molecule has 0 bridgehead atoms. The Morgan fingerprint density at radius 3 is 2.32 bits per heavy atom. The van der Waals surface area contributed by atoms with Gasteiger partial charge in [0.15, 0.2) is 5.96 Å². The van der Waals surface area contributed by atoms with Crippen molar-refractivity contribution in [1.82, 2.24) is 15.5 Å². The number of likely N-dealkylation sites (tertiary alicyclic amines) is 1. The molecule has 1 saturated carbocycles. The predicted molar refractivity (Wildman–Crippen MR) is 131 cm³/mol. The molecule has 1 aliphatic heterocycles. The summed E-state index contributed by atoms with van der Waals surface area (Å²) in [5, 5.41) is 7.09. The number of nitrogens with one attached hydrogen (secondary N) is 2. The molecule has 0 aromatic rings. The van der Waals surface area contributed by atoms with E-state index in [4.69, 9.17) is 4.74 Å². The van der Waals surface area contributed by atoms with Gasteiger partial charge < -0.3 is 20.3 Å². The van der Waals surface area contributed by atoms with Crippen LogP contribution in [0.25, 0.3) is 0 Å². The third kappa shape index (κ3) is 11.2. The zero-order valence-electron chi connectivity index (χ0n) is 18.5. The smallest absolute Gasteiger partial charge is 0.191 e. The van der Waals surface area contributed by atoms with Gasteiger partial charge in [0, 0.05) is 45.9 Å². The third-order valence-corrected chi connectivity index (χ3v) is 5.79. The summed E-state index contributed by atoms with van der Waals surface area (Å²) in [5.74, 6) is 1.72. The fourth-order valence-corrected chi connectivity index (χ4v) is 4.26. The lowest BCUT2D eigenvalue weighted by Gasteiger charge is -2.34. The highest BCUT2D eigenvalue weighted by atomic mass is 127. The highest BCUT2D eigenvalue weighted by Gasteiger charge is 2.20. The molecule has 0 aromatic carbocycles. The molecular weight excluding hydrogens is 463 g/mol. The maximum Gasteiger partial charge on any atom is 0.191 e. The molecule has 1 aliphatic carbocycles. The molecular formula is C22H45IN4O. The van der Waals surface area contributed by atoms with E-state index in [9.17, 15) is 0 Å². The van der Waals surface area contributed by atoms with Crippen molar-refractivity contribution in [1.29, 1.82) is 0 Å². The summed E-state index contributed by atoms with van der Waals surface area (Å²) < 4.78 is 6.08. The lowest BCUT2D eigenvalue weighted by molar-refractivity contribution is 0.0411. The highest BCUT2D eigenvalue weighted by Crippen LogP contribution is 2.20. The summed E-state index contributed by atoms with van der Waals surface area (Å²) in [5.41, 5.74) is 0. The van der Waals surface area contributed by atoms with Crippen LogP contribution in [0, 0.1) is 5.92 Å². The molecule has 0 aromatic heterocycles. The Balaban J connectivity index is 0.00000392. The van der Waals surface area contributed by atoms with Gasteiger partial charge in [-0.2, -0.15) is 0 Å². The zero-order valence-corrected chi connectivity index (χ0v) is 20.9. The second kappa shape index (κ2) is 15.7. The monoisotopic (exact) mass is 508 g/mol. The van der Waals surface area contributed by atoms with Crippen molar-refractivity contribution in [2.24, 2.45) is 10.9 Å². The van der Waals surface area contributed by atoms with Gasteiger partial charge in [0.05, 0.1) is 6.10 Å². The summed E-state index contributed by atoms with van der Waals surface area (Å²) in [6.07, 6.45) is 13.3. The molecule has 2 N–H and O–H groups in total. The number of unbranched alkanes of at least 4 members (excludes halogenated alkanes) is 1. The standard InChI is InChI=1S/C22H44N4O.HI/c1-19(2)18-26-15-12-20(13-16-26)25-22(23-3)24-14-8-9-17-27-21-10-6-4-5-7-11-21;/h19-21H,4-18H2,1-3H3,(H2,23,24,25);1H. The van der Waals surface area contributed by atoms with Gasteiger partial charge in [-0.15, -0.1) is 24.0 Å². The van der Waals surface area contributed by atoms with Crippen LogP contribution < -0.4 is 10.6 Å². The van der Waals surface area contributed by atoms with E-state index >= 15 is 0 Å². The number of hydrogen-bond acceptors (Lipinski definition) is 3. The van der Waals surface area contributed by atoms with Crippen molar-refractivity contribution in [2.75, 3.05) is 39.8 Å². The molecule has 28 heavy (non-hydrogen) atoms. The van der Waals surface area contributed by atoms with Crippen LogP contribution in [-0.2, 0) is 4.74 Å². The van der Waals surface area contributed by atoms with Crippen molar-refractivity contribution in [3.63, 3.8) is 0 Å². The first-order valence-electron chi connectivity index (χ1n) is 11.5. The molecule has 166 valence electrons. The molecule has 0 unspecified atom stereocenters. The van der Waals surface area contributed by atoms with E-state index in [0.29, 0.717) is 12.1 Å². The molecule has 2 fully saturated rings. The topological polar surface area (TPSA) is 48.9 Å². The number of halogens is 1. The van der Waals surface area contributed by atoms with E-state index in [0.717, 1.165) is 37.9 Å². The van der Waals surface area contributed by atoms with Crippen molar-refractivity contribution in [3.8, 4) is 0 Å². The lowest BCUT2D eigenvalue weighted by atomic mass is 10.0. The summed E-state index contributed by atoms with van der Waals surface area (Å²) >= 11 is 0. The van der Waals surface area contributed by atoms with Gasteiger partial charge in [-0.3, -0.25) is 4.99 Å². The van der Waals surface area contributed by atoms with Gasteiger partial charge in [-0.05, 0) is 44.4 Å². The molecule has 0 amide bonds. The summed E-state index contributed by atoms with van der Waals surface area (Å²) in [6.45, 7) is 10.1. The van der Waals surface area contributed by atoms with Crippen LogP contribution in [0.3, 0.4) is 0 Å². The van der Waals surface area contributed by atoms with E-state index in [1.165, 1.54) is 71.0 Å². The second-order valence-electron chi connectivity index (χ2n) is 8.80. The van der Waals surface area contributed by atoms with Crippen LogP contribution in [0.4, 0.5) is 0 Å². The first kappa shape index (κ1) is 26.0. The Morgan fingerprint density at radius 1 is 1.04 bits per heavy atom. The molecule has 0 atom stereocenters. The van der Waals surface area contributed by atoms with Crippen molar-refractivity contribution >= 4 is 29.9 Å². The fraction of sp³-hybridized carbons (Fsp3) is 0.955. The van der Waals surface area contributed by atoms with Crippen LogP contribution in [0.1, 0.15) is 78.1 Å². The van der Waals surface area contributed by atoms with E-state index in [2.05, 4.69) is 34.4 Å². The normalized spacial score (nSPS) is 20.6. The third-order valence-electron chi connectivity index (χ3n) is 5.79. The van der Waals surface area contributed by atoms with E-state index in [1.807, 2.05) is 7.05 Å². The Bertz CT molecular complexity index is 403. The average Bonchev–Trinajstić information content (AvgIpc) is 2.93. The van der Waals surface area contributed by atoms with Gasteiger partial charge in [-0.25, -0.2) is 0 Å². The van der Waals surface area contributed by atoms with Crippen LogP contribution in [-0.4, -0.2) is 62.8 Å². The van der Waals surface area contributed by atoms with Crippen molar-refractivity contribution in [3.05, 3.63) is 0 Å². The van der Waals surface area contributed by atoms with Crippen molar-refractivity contribution in [2.45, 2.75) is 90.2 Å². The van der Waals surface area contributed by atoms with Crippen LogP contribution in [0.15, 0.2) is 4.99 Å². The number of rotatable bonds is 9. The molecule has 2 aliphatic rings. The molecule has 0 spiro atoms. The maximum absolute atomic E-state index is 6.08. The van der Waals surface area contributed by atoms with E-state index < -0.39 is 0 Å². The van der Waals surface area contributed by atoms with Crippen molar-refractivity contribution < 1.29 is 4.74 Å². The number of guanidine groups is 1. The Labute approximate surface area is 190 Å². The molecule has 2 rings (SSSR count). The largest absolute Gasteiger partial charge is 0.378 e. The minimum Gasteiger partial charge on any atom is -0.378 e. The molecule has 0 radical (unpaired) electrons. The summed E-state index contributed by atoms with van der Waals surface area (Å²) in [7, 11) is 1.87. The SMILES string of the molecule is CN=C(NCCCCOC1CCCCCC1)NC1CCN(CC(C)C)CC1.I. The minimum absolute atomic E-state index is 0. The quantitative estimate of drug-likeness (QED) is 0.159. The summed E-state index contributed by atoms with van der Waals surface area (Å²) in [6, 6.07) is 0.554. The maximum atomic E-state index is 6.08. The van der Waals surface area contributed by atoms with Crippen LogP contribution in [0.2, 0.25) is 0 Å². The van der Waals surface area contributed by atoms with Gasteiger partial charge in [0.2, 0.25) is 0 Å². The molecule has 5 nitrogen and oxygen atoms in total. The summed E-state index contributed by atoms with van der Waals surface area (Å²) in [4.78, 5) is 6.99. The Kier molecular flexibility index (Phi) is 14.6. The Hall–Kier alpha value is -0.0800. The molecule has 6 heteroatoms. The van der Waals surface area contributed by atoms with Crippen LogP contribution >= 0.6 is 24.0 Å².